The first kappa shape index (κ1) is 14.7. The fraction of sp³-hybridized carbons (Fsp3) is 0.412. The van der Waals surface area contributed by atoms with Crippen LogP contribution >= 0.6 is 0 Å². The van der Waals surface area contributed by atoms with Crippen molar-refractivity contribution in [3.63, 3.8) is 0 Å². The van der Waals surface area contributed by atoms with Crippen LogP contribution in [0, 0.1) is 6.92 Å². The standard InChI is InChI=1S/C17H24N2O/c1-4-19(16-8-5-7-14(2)11-16)15(3)12-18-13-17-9-6-10-20-17/h5-11,15,18H,4,12-13H2,1-3H3. The molecule has 0 aliphatic carbocycles. The van der Waals surface area contributed by atoms with Crippen LogP contribution < -0.4 is 10.2 Å². The van der Waals surface area contributed by atoms with Gasteiger partial charge in [-0.05, 0) is 50.6 Å². The second kappa shape index (κ2) is 7.15. The Labute approximate surface area is 121 Å². The van der Waals surface area contributed by atoms with E-state index in [1.807, 2.05) is 12.1 Å². The van der Waals surface area contributed by atoms with Crippen molar-refractivity contribution in [2.75, 3.05) is 18.0 Å². The van der Waals surface area contributed by atoms with Gasteiger partial charge in [0.1, 0.15) is 5.76 Å². The number of nitrogens with zero attached hydrogens (tertiary/aromatic N) is 1. The average Bonchev–Trinajstić information content (AvgIpc) is 2.93. The van der Waals surface area contributed by atoms with Crippen LogP contribution in [0.3, 0.4) is 0 Å². The van der Waals surface area contributed by atoms with Crippen LogP contribution in [-0.4, -0.2) is 19.1 Å². The van der Waals surface area contributed by atoms with E-state index < -0.39 is 0 Å². The highest BCUT2D eigenvalue weighted by Crippen LogP contribution is 2.18. The van der Waals surface area contributed by atoms with E-state index in [0.717, 1.165) is 25.4 Å². The summed E-state index contributed by atoms with van der Waals surface area (Å²) in [6.07, 6.45) is 1.71. The number of hydrogen-bond acceptors (Lipinski definition) is 3. The predicted molar refractivity (Wildman–Crippen MR) is 84.1 cm³/mol. The maximum absolute atomic E-state index is 5.33. The van der Waals surface area contributed by atoms with E-state index in [9.17, 15) is 0 Å². The fourth-order valence-corrected chi connectivity index (χ4v) is 2.48. The van der Waals surface area contributed by atoms with Gasteiger partial charge >= 0.3 is 0 Å². The summed E-state index contributed by atoms with van der Waals surface area (Å²) in [6.45, 7) is 9.31. The lowest BCUT2D eigenvalue weighted by atomic mass is 10.1. The number of nitrogens with one attached hydrogen (secondary N) is 1. The lowest BCUT2D eigenvalue weighted by Gasteiger charge is -2.30. The Balaban J connectivity index is 1.90. The Hall–Kier alpha value is -1.74. The average molecular weight is 272 g/mol. The largest absolute Gasteiger partial charge is 0.468 e. The molecular formula is C17H24N2O. The molecule has 1 heterocycles. The topological polar surface area (TPSA) is 28.4 Å². The van der Waals surface area contributed by atoms with E-state index in [-0.39, 0.29) is 0 Å². The van der Waals surface area contributed by atoms with E-state index in [1.165, 1.54) is 11.3 Å². The van der Waals surface area contributed by atoms with Crippen molar-refractivity contribution in [2.45, 2.75) is 33.4 Å². The summed E-state index contributed by atoms with van der Waals surface area (Å²) < 4.78 is 5.33. The van der Waals surface area contributed by atoms with Crippen LogP contribution in [-0.2, 0) is 6.54 Å². The van der Waals surface area contributed by atoms with Crippen molar-refractivity contribution in [3.05, 3.63) is 54.0 Å². The lowest BCUT2D eigenvalue weighted by Crippen LogP contribution is -2.40. The van der Waals surface area contributed by atoms with Gasteiger partial charge in [-0.15, -0.1) is 0 Å². The molecule has 0 saturated carbocycles. The molecule has 108 valence electrons. The van der Waals surface area contributed by atoms with Gasteiger partial charge in [0.2, 0.25) is 0 Å². The Bertz CT molecular complexity index is 507. The van der Waals surface area contributed by atoms with E-state index in [1.54, 1.807) is 6.26 Å². The van der Waals surface area contributed by atoms with Crippen molar-refractivity contribution in [1.82, 2.24) is 5.32 Å². The molecule has 0 aliphatic heterocycles. The molecule has 1 aromatic heterocycles. The van der Waals surface area contributed by atoms with Crippen LogP contribution in [0.1, 0.15) is 25.2 Å². The first-order chi connectivity index (χ1) is 9.70. The Morgan fingerprint density at radius 1 is 1.25 bits per heavy atom. The smallest absolute Gasteiger partial charge is 0.117 e. The molecule has 0 amide bonds. The summed E-state index contributed by atoms with van der Waals surface area (Å²) in [4.78, 5) is 2.42. The first-order valence-electron chi connectivity index (χ1n) is 7.27. The summed E-state index contributed by atoms with van der Waals surface area (Å²) in [7, 11) is 0. The Kier molecular flexibility index (Phi) is 5.24. The molecule has 20 heavy (non-hydrogen) atoms. The number of hydrogen-bond donors (Lipinski definition) is 1. The number of furan rings is 1. The van der Waals surface area contributed by atoms with Gasteiger partial charge in [0.25, 0.3) is 0 Å². The summed E-state index contributed by atoms with van der Waals surface area (Å²) in [5.74, 6) is 0.982. The van der Waals surface area contributed by atoms with Crippen LogP contribution in [0.4, 0.5) is 5.69 Å². The summed E-state index contributed by atoms with van der Waals surface area (Å²) in [6, 6.07) is 13.0. The zero-order chi connectivity index (χ0) is 14.4. The van der Waals surface area contributed by atoms with Crippen LogP contribution in [0.5, 0.6) is 0 Å². The third kappa shape index (κ3) is 3.87. The number of rotatable bonds is 7. The minimum absolute atomic E-state index is 0.441. The molecule has 0 radical (unpaired) electrons. The third-order valence-corrected chi connectivity index (χ3v) is 3.53. The van der Waals surface area contributed by atoms with Gasteiger partial charge in [0, 0.05) is 24.8 Å². The zero-order valence-electron chi connectivity index (χ0n) is 12.6. The molecule has 0 saturated heterocycles. The highest BCUT2D eigenvalue weighted by molar-refractivity contribution is 5.49. The zero-order valence-corrected chi connectivity index (χ0v) is 12.6. The van der Waals surface area contributed by atoms with Gasteiger partial charge in [-0.3, -0.25) is 0 Å². The maximum Gasteiger partial charge on any atom is 0.117 e. The molecule has 1 unspecified atom stereocenters. The van der Waals surface area contributed by atoms with Gasteiger partial charge in [0.15, 0.2) is 0 Å². The van der Waals surface area contributed by atoms with Crippen molar-refractivity contribution in [2.24, 2.45) is 0 Å². The first-order valence-corrected chi connectivity index (χ1v) is 7.27. The molecule has 0 fully saturated rings. The highest BCUT2D eigenvalue weighted by Gasteiger charge is 2.12. The van der Waals surface area contributed by atoms with Gasteiger partial charge in [0.05, 0.1) is 12.8 Å². The van der Waals surface area contributed by atoms with Crippen molar-refractivity contribution in [1.29, 1.82) is 0 Å². The molecule has 2 aromatic rings. The van der Waals surface area contributed by atoms with E-state index >= 15 is 0 Å². The predicted octanol–water partition coefficient (Wildman–Crippen LogP) is 3.59. The van der Waals surface area contributed by atoms with Crippen LogP contribution in [0.25, 0.3) is 0 Å². The molecular weight excluding hydrogens is 248 g/mol. The molecule has 3 nitrogen and oxygen atoms in total. The van der Waals surface area contributed by atoms with E-state index in [2.05, 4.69) is 55.3 Å². The van der Waals surface area contributed by atoms with Crippen molar-refractivity contribution < 1.29 is 4.42 Å². The summed E-state index contributed by atoms with van der Waals surface area (Å²) in [5, 5.41) is 3.45. The molecule has 0 spiro atoms. The molecule has 1 atom stereocenters. The SMILES string of the molecule is CCN(c1cccc(C)c1)C(C)CNCc1ccco1. The number of benzene rings is 1. The van der Waals surface area contributed by atoms with Crippen LogP contribution in [0.15, 0.2) is 47.1 Å². The minimum atomic E-state index is 0.441. The molecule has 0 aliphatic rings. The normalized spacial score (nSPS) is 12.3. The van der Waals surface area contributed by atoms with Crippen molar-refractivity contribution >= 4 is 5.69 Å². The quantitative estimate of drug-likeness (QED) is 0.835. The second-order valence-electron chi connectivity index (χ2n) is 5.18. The van der Waals surface area contributed by atoms with Crippen LogP contribution in [0.2, 0.25) is 0 Å². The third-order valence-electron chi connectivity index (χ3n) is 3.53. The Morgan fingerprint density at radius 3 is 2.75 bits per heavy atom. The van der Waals surface area contributed by atoms with Gasteiger partial charge in [-0.25, -0.2) is 0 Å². The second-order valence-corrected chi connectivity index (χ2v) is 5.18. The summed E-state index contributed by atoms with van der Waals surface area (Å²) in [5.41, 5.74) is 2.59. The van der Waals surface area contributed by atoms with Gasteiger partial charge < -0.3 is 14.6 Å². The molecule has 1 aromatic carbocycles. The van der Waals surface area contributed by atoms with E-state index in [4.69, 9.17) is 4.42 Å². The monoisotopic (exact) mass is 272 g/mol. The van der Waals surface area contributed by atoms with E-state index in [0.29, 0.717) is 6.04 Å². The minimum Gasteiger partial charge on any atom is -0.468 e. The number of likely N-dealkylation sites (N-methyl/N-ethyl adjacent to an activating group) is 1. The number of anilines is 1. The molecule has 0 bridgehead atoms. The van der Waals surface area contributed by atoms with Gasteiger partial charge in [-0.2, -0.15) is 0 Å². The Morgan fingerprint density at radius 2 is 2.10 bits per heavy atom. The molecule has 1 N–H and O–H groups in total. The highest BCUT2D eigenvalue weighted by atomic mass is 16.3. The lowest BCUT2D eigenvalue weighted by molar-refractivity contribution is 0.471. The van der Waals surface area contributed by atoms with Gasteiger partial charge in [-0.1, -0.05) is 12.1 Å². The van der Waals surface area contributed by atoms with Crippen molar-refractivity contribution in [3.8, 4) is 0 Å². The maximum atomic E-state index is 5.33. The number of aryl methyl sites for hydroxylation is 1. The molecule has 2 rings (SSSR count). The summed E-state index contributed by atoms with van der Waals surface area (Å²) >= 11 is 0. The molecule has 3 heteroatoms. The fourth-order valence-electron chi connectivity index (χ4n) is 2.48.